The first-order chi connectivity index (χ1) is 11.8. The summed E-state index contributed by atoms with van der Waals surface area (Å²) >= 11 is 0. The highest BCUT2D eigenvalue weighted by atomic mass is 19.1. The van der Waals surface area contributed by atoms with Gasteiger partial charge in [-0.25, -0.2) is 8.78 Å². The predicted octanol–water partition coefficient (Wildman–Crippen LogP) is 3.69. The molecule has 0 bridgehead atoms. The minimum absolute atomic E-state index is 0.0314. The zero-order valence-electron chi connectivity index (χ0n) is 14.2. The fraction of sp³-hybridized carbons (Fsp3) is 0.263. The summed E-state index contributed by atoms with van der Waals surface area (Å²) in [6.07, 6.45) is -1.08. The highest BCUT2D eigenvalue weighted by Crippen LogP contribution is 2.16. The van der Waals surface area contributed by atoms with Gasteiger partial charge in [0.05, 0.1) is 12.1 Å². The lowest BCUT2D eigenvalue weighted by molar-refractivity contribution is -0.152. The fourth-order valence-corrected chi connectivity index (χ4v) is 2.20. The second-order valence-corrected chi connectivity index (χ2v) is 5.84. The van der Waals surface area contributed by atoms with Crippen LogP contribution in [0.4, 0.5) is 14.5 Å². The molecule has 0 saturated carbocycles. The molecule has 0 radical (unpaired) electrons. The van der Waals surface area contributed by atoms with Crippen molar-refractivity contribution in [3.05, 3.63) is 64.7 Å². The molecule has 0 fully saturated rings. The highest BCUT2D eigenvalue weighted by Gasteiger charge is 2.19. The number of ether oxygens (including phenoxy) is 1. The van der Waals surface area contributed by atoms with Crippen molar-refractivity contribution in [1.29, 1.82) is 0 Å². The Hall–Kier alpha value is -2.76. The quantitative estimate of drug-likeness (QED) is 0.839. The molecule has 1 atom stereocenters. The Balaban J connectivity index is 1.93. The highest BCUT2D eigenvalue weighted by molar-refractivity contribution is 5.95. The van der Waals surface area contributed by atoms with Gasteiger partial charge in [-0.05, 0) is 49.6 Å². The number of nitrogens with one attached hydrogen (secondary N) is 1. The van der Waals surface area contributed by atoms with Crippen LogP contribution in [0, 0.1) is 25.5 Å². The van der Waals surface area contributed by atoms with Gasteiger partial charge >= 0.3 is 5.97 Å². The van der Waals surface area contributed by atoms with Gasteiger partial charge < -0.3 is 10.1 Å². The van der Waals surface area contributed by atoms with E-state index in [0.717, 1.165) is 28.8 Å². The molecule has 4 nitrogen and oxygen atoms in total. The molecule has 0 spiro atoms. The number of carbonyl (C=O) groups excluding carboxylic acids is 2. The van der Waals surface area contributed by atoms with E-state index in [0.29, 0.717) is 6.07 Å². The molecule has 2 aromatic rings. The number of anilines is 1. The second kappa shape index (κ2) is 7.88. The number of carbonyl (C=O) groups is 2. The van der Waals surface area contributed by atoms with E-state index in [9.17, 15) is 18.4 Å². The number of aryl methyl sites for hydroxylation is 2. The molecule has 132 valence electrons. The molecule has 0 aliphatic carbocycles. The minimum Gasteiger partial charge on any atom is -0.452 e. The first-order valence-electron chi connectivity index (χ1n) is 7.78. The Kier molecular flexibility index (Phi) is 5.85. The summed E-state index contributed by atoms with van der Waals surface area (Å²) in [5.41, 5.74) is 2.78. The average molecular weight is 347 g/mol. The van der Waals surface area contributed by atoms with Gasteiger partial charge in [-0.3, -0.25) is 9.59 Å². The van der Waals surface area contributed by atoms with Crippen LogP contribution >= 0.6 is 0 Å². The topological polar surface area (TPSA) is 55.4 Å². The standard InChI is InChI=1S/C19H19F2NO3/c1-11-4-5-14(8-12(11)2)9-18(23)25-13(3)19(24)22-17-7-6-15(20)10-16(17)21/h4-8,10,13H,9H2,1-3H3,(H,22,24)/t13-/m0/s1. The van der Waals surface area contributed by atoms with E-state index in [1.54, 1.807) is 0 Å². The lowest BCUT2D eigenvalue weighted by Crippen LogP contribution is -2.30. The van der Waals surface area contributed by atoms with Crippen molar-refractivity contribution in [2.45, 2.75) is 33.3 Å². The van der Waals surface area contributed by atoms with Crippen molar-refractivity contribution in [2.75, 3.05) is 5.32 Å². The van der Waals surface area contributed by atoms with Crippen molar-refractivity contribution in [3.63, 3.8) is 0 Å². The summed E-state index contributed by atoms with van der Waals surface area (Å²) in [6, 6.07) is 8.40. The van der Waals surface area contributed by atoms with E-state index in [1.807, 2.05) is 32.0 Å². The van der Waals surface area contributed by atoms with E-state index in [4.69, 9.17) is 4.74 Å². The number of esters is 1. The largest absolute Gasteiger partial charge is 0.452 e. The van der Waals surface area contributed by atoms with Crippen LogP contribution in [0.15, 0.2) is 36.4 Å². The minimum atomic E-state index is -1.11. The molecule has 2 aromatic carbocycles. The number of rotatable bonds is 5. The molecule has 6 heteroatoms. The van der Waals surface area contributed by atoms with Crippen molar-refractivity contribution in [1.82, 2.24) is 0 Å². The average Bonchev–Trinajstić information content (AvgIpc) is 2.53. The van der Waals surface area contributed by atoms with Gasteiger partial charge in [-0.15, -0.1) is 0 Å². The smallest absolute Gasteiger partial charge is 0.311 e. The first kappa shape index (κ1) is 18.6. The first-order valence-corrected chi connectivity index (χ1v) is 7.78. The van der Waals surface area contributed by atoms with Gasteiger partial charge in [-0.1, -0.05) is 18.2 Å². The van der Waals surface area contributed by atoms with Crippen LogP contribution in [0.1, 0.15) is 23.6 Å². The van der Waals surface area contributed by atoms with Gasteiger partial charge in [0.25, 0.3) is 5.91 Å². The van der Waals surface area contributed by atoms with Gasteiger partial charge in [0.15, 0.2) is 6.10 Å². The maximum atomic E-state index is 13.5. The normalized spacial score (nSPS) is 11.7. The van der Waals surface area contributed by atoms with E-state index in [2.05, 4.69) is 5.32 Å². The molecule has 0 heterocycles. The Morgan fingerprint density at radius 2 is 1.80 bits per heavy atom. The van der Waals surface area contributed by atoms with Crippen LogP contribution < -0.4 is 5.32 Å². The van der Waals surface area contributed by atoms with Crippen molar-refractivity contribution in [3.8, 4) is 0 Å². The van der Waals surface area contributed by atoms with E-state index in [1.165, 1.54) is 6.92 Å². The zero-order chi connectivity index (χ0) is 18.6. The monoisotopic (exact) mass is 347 g/mol. The fourth-order valence-electron chi connectivity index (χ4n) is 2.20. The summed E-state index contributed by atoms with van der Waals surface area (Å²) < 4.78 is 31.5. The molecule has 0 aliphatic heterocycles. The van der Waals surface area contributed by atoms with Crippen LogP contribution in [0.5, 0.6) is 0 Å². The number of hydrogen-bond acceptors (Lipinski definition) is 3. The van der Waals surface area contributed by atoms with Crippen LogP contribution in [0.3, 0.4) is 0 Å². The van der Waals surface area contributed by atoms with Gasteiger partial charge in [-0.2, -0.15) is 0 Å². The lowest BCUT2D eigenvalue weighted by Gasteiger charge is -2.14. The third-order valence-electron chi connectivity index (χ3n) is 3.79. The van der Waals surface area contributed by atoms with Crippen molar-refractivity contribution < 1.29 is 23.1 Å². The molecule has 2 rings (SSSR count). The third kappa shape index (κ3) is 5.11. The van der Waals surface area contributed by atoms with Crippen molar-refractivity contribution >= 4 is 17.6 Å². The van der Waals surface area contributed by atoms with Gasteiger partial charge in [0.1, 0.15) is 11.6 Å². The van der Waals surface area contributed by atoms with Crippen LogP contribution in [0.25, 0.3) is 0 Å². The Morgan fingerprint density at radius 1 is 1.08 bits per heavy atom. The second-order valence-electron chi connectivity index (χ2n) is 5.84. The molecular formula is C19H19F2NO3. The van der Waals surface area contributed by atoms with Crippen LogP contribution in [-0.2, 0) is 20.7 Å². The molecule has 1 N–H and O–H groups in total. The van der Waals surface area contributed by atoms with Crippen LogP contribution in [-0.4, -0.2) is 18.0 Å². The summed E-state index contributed by atoms with van der Waals surface area (Å²) in [5.74, 6) is -2.91. The number of halogens is 2. The summed E-state index contributed by atoms with van der Waals surface area (Å²) in [6.45, 7) is 5.30. The molecule has 25 heavy (non-hydrogen) atoms. The van der Waals surface area contributed by atoms with Crippen molar-refractivity contribution in [2.24, 2.45) is 0 Å². The molecule has 0 aliphatic rings. The molecule has 0 aromatic heterocycles. The van der Waals surface area contributed by atoms with Gasteiger partial charge in [0, 0.05) is 6.07 Å². The van der Waals surface area contributed by atoms with E-state index < -0.39 is 29.6 Å². The number of benzene rings is 2. The molecule has 0 saturated heterocycles. The maximum Gasteiger partial charge on any atom is 0.311 e. The third-order valence-corrected chi connectivity index (χ3v) is 3.79. The SMILES string of the molecule is Cc1ccc(CC(=O)O[C@@H](C)C(=O)Nc2ccc(F)cc2F)cc1C. The Morgan fingerprint density at radius 3 is 2.44 bits per heavy atom. The predicted molar refractivity (Wildman–Crippen MR) is 90.2 cm³/mol. The number of amides is 1. The molecule has 0 unspecified atom stereocenters. The Labute approximate surface area is 144 Å². The zero-order valence-corrected chi connectivity index (χ0v) is 14.2. The maximum absolute atomic E-state index is 13.5. The summed E-state index contributed by atoms with van der Waals surface area (Å²) in [4.78, 5) is 23.9. The summed E-state index contributed by atoms with van der Waals surface area (Å²) in [7, 11) is 0. The molecular weight excluding hydrogens is 328 g/mol. The summed E-state index contributed by atoms with van der Waals surface area (Å²) in [5, 5.41) is 2.27. The van der Waals surface area contributed by atoms with Crippen LogP contribution in [0.2, 0.25) is 0 Å². The van der Waals surface area contributed by atoms with E-state index in [-0.39, 0.29) is 12.1 Å². The lowest BCUT2D eigenvalue weighted by atomic mass is 10.0. The number of hydrogen-bond donors (Lipinski definition) is 1. The van der Waals surface area contributed by atoms with Gasteiger partial charge in [0.2, 0.25) is 0 Å². The van der Waals surface area contributed by atoms with E-state index >= 15 is 0 Å². The Bertz CT molecular complexity index is 805. The molecule has 1 amide bonds.